The van der Waals surface area contributed by atoms with Crippen molar-refractivity contribution in [3.05, 3.63) is 28.8 Å². The maximum absolute atomic E-state index is 12.6. The van der Waals surface area contributed by atoms with Crippen molar-refractivity contribution in [3.63, 3.8) is 0 Å². The van der Waals surface area contributed by atoms with Crippen molar-refractivity contribution < 1.29 is 8.42 Å². The molecule has 0 spiro atoms. The molecule has 1 saturated heterocycles. The van der Waals surface area contributed by atoms with E-state index in [1.165, 1.54) is 21.0 Å². The highest BCUT2D eigenvalue weighted by Crippen LogP contribution is 2.22. The Balaban J connectivity index is 2.15. The molecule has 0 saturated carbocycles. The van der Waals surface area contributed by atoms with Crippen LogP contribution in [0.3, 0.4) is 0 Å². The van der Waals surface area contributed by atoms with Crippen LogP contribution in [-0.2, 0) is 10.0 Å². The first-order chi connectivity index (χ1) is 9.10. The van der Waals surface area contributed by atoms with Gasteiger partial charge in [-0.25, -0.2) is 22.7 Å². The van der Waals surface area contributed by atoms with E-state index < -0.39 is 15.7 Å². The molecule has 1 aliphatic heterocycles. The number of sulfonamides is 1. The van der Waals surface area contributed by atoms with Crippen molar-refractivity contribution in [1.29, 1.82) is 0 Å². The Morgan fingerprint density at radius 3 is 2.68 bits per heavy atom. The molecular weight excluding hydrogens is 268 g/mol. The first kappa shape index (κ1) is 12.4. The van der Waals surface area contributed by atoms with E-state index in [2.05, 4.69) is 10.2 Å². The summed E-state index contributed by atoms with van der Waals surface area (Å²) in [5.74, 6) is 0. The lowest BCUT2D eigenvalue weighted by Crippen LogP contribution is -2.35. The summed E-state index contributed by atoms with van der Waals surface area (Å²) >= 11 is 0. The second kappa shape index (κ2) is 4.46. The molecule has 7 nitrogen and oxygen atoms in total. The number of aromatic nitrogens is 3. The molecule has 19 heavy (non-hydrogen) atoms. The SMILES string of the molecule is O=c1[nH]nc2c(S(=O)(=O)N3CCCCC3)cccn12. The van der Waals surface area contributed by atoms with Crippen LogP contribution in [0.25, 0.3) is 5.65 Å². The largest absolute Gasteiger partial charge is 0.347 e. The van der Waals surface area contributed by atoms with Crippen LogP contribution in [0.1, 0.15) is 19.3 Å². The number of rotatable bonds is 2. The molecule has 2 aromatic rings. The van der Waals surface area contributed by atoms with E-state index in [0.717, 1.165) is 19.3 Å². The molecule has 3 heterocycles. The highest BCUT2D eigenvalue weighted by Gasteiger charge is 2.28. The summed E-state index contributed by atoms with van der Waals surface area (Å²) in [6.07, 6.45) is 4.29. The summed E-state index contributed by atoms with van der Waals surface area (Å²) in [6.45, 7) is 1.05. The fraction of sp³-hybridized carbons (Fsp3) is 0.455. The van der Waals surface area contributed by atoms with Gasteiger partial charge in [0, 0.05) is 19.3 Å². The number of aromatic amines is 1. The summed E-state index contributed by atoms with van der Waals surface area (Å²) in [5, 5.41) is 6.07. The van der Waals surface area contributed by atoms with Crippen molar-refractivity contribution in [1.82, 2.24) is 18.9 Å². The molecule has 1 N–H and O–H groups in total. The third-order valence-corrected chi connectivity index (χ3v) is 5.26. The molecule has 1 aliphatic rings. The van der Waals surface area contributed by atoms with Gasteiger partial charge in [0.05, 0.1) is 0 Å². The van der Waals surface area contributed by atoms with Crippen LogP contribution in [0.2, 0.25) is 0 Å². The van der Waals surface area contributed by atoms with Crippen LogP contribution in [-0.4, -0.2) is 40.4 Å². The van der Waals surface area contributed by atoms with Crippen LogP contribution in [0.4, 0.5) is 0 Å². The Kier molecular flexibility index (Phi) is 2.90. The van der Waals surface area contributed by atoms with E-state index in [1.54, 1.807) is 6.07 Å². The topological polar surface area (TPSA) is 87.5 Å². The van der Waals surface area contributed by atoms with Crippen LogP contribution in [0, 0.1) is 0 Å². The van der Waals surface area contributed by atoms with E-state index in [4.69, 9.17) is 0 Å². The van der Waals surface area contributed by atoms with Crippen LogP contribution >= 0.6 is 0 Å². The number of nitrogens with one attached hydrogen (secondary N) is 1. The van der Waals surface area contributed by atoms with E-state index in [9.17, 15) is 13.2 Å². The van der Waals surface area contributed by atoms with Gasteiger partial charge in [0.15, 0.2) is 5.65 Å². The first-order valence-corrected chi connectivity index (χ1v) is 7.60. The number of hydrogen-bond acceptors (Lipinski definition) is 4. The number of fused-ring (bicyclic) bond motifs is 1. The second-order valence-electron chi connectivity index (χ2n) is 4.56. The van der Waals surface area contributed by atoms with Gasteiger partial charge >= 0.3 is 5.69 Å². The number of nitrogens with zero attached hydrogens (tertiary/aromatic N) is 3. The lowest BCUT2D eigenvalue weighted by Gasteiger charge is -2.25. The Labute approximate surface area is 109 Å². The Morgan fingerprint density at radius 1 is 1.21 bits per heavy atom. The third-order valence-electron chi connectivity index (χ3n) is 3.34. The molecule has 0 radical (unpaired) electrons. The van der Waals surface area contributed by atoms with Gasteiger partial charge < -0.3 is 0 Å². The maximum atomic E-state index is 12.6. The van der Waals surface area contributed by atoms with Crippen LogP contribution < -0.4 is 5.69 Å². The van der Waals surface area contributed by atoms with Crippen molar-refractivity contribution in [3.8, 4) is 0 Å². The standard InChI is InChI=1S/C11H14N4O3S/c16-11-13-12-10-9(5-4-8-15(10)11)19(17,18)14-6-2-1-3-7-14/h4-5,8H,1-3,6-7H2,(H,13,16). The Morgan fingerprint density at radius 2 is 1.95 bits per heavy atom. The molecule has 0 amide bonds. The summed E-state index contributed by atoms with van der Waals surface area (Å²) in [6, 6.07) is 3.03. The molecule has 0 bridgehead atoms. The highest BCUT2D eigenvalue weighted by molar-refractivity contribution is 7.89. The molecule has 0 aliphatic carbocycles. The number of pyridine rings is 1. The van der Waals surface area contributed by atoms with Gasteiger partial charge in [-0.1, -0.05) is 6.42 Å². The predicted octanol–water partition coefficient (Wildman–Crippen LogP) is 0.197. The first-order valence-electron chi connectivity index (χ1n) is 6.16. The van der Waals surface area contributed by atoms with Gasteiger partial charge in [-0.3, -0.25) is 0 Å². The molecule has 102 valence electrons. The van der Waals surface area contributed by atoms with Gasteiger partial charge in [0.2, 0.25) is 10.0 Å². The van der Waals surface area contributed by atoms with E-state index >= 15 is 0 Å². The molecule has 8 heteroatoms. The van der Waals surface area contributed by atoms with Gasteiger partial charge in [-0.15, -0.1) is 0 Å². The van der Waals surface area contributed by atoms with Gasteiger partial charge in [0.1, 0.15) is 4.90 Å². The van der Waals surface area contributed by atoms with Gasteiger partial charge in [-0.05, 0) is 25.0 Å². The molecule has 3 rings (SSSR count). The highest BCUT2D eigenvalue weighted by atomic mass is 32.2. The van der Waals surface area contributed by atoms with Gasteiger partial charge in [-0.2, -0.15) is 9.40 Å². The monoisotopic (exact) mass is 282 g/mol. The average Bonchev–Trinajstić information content (AvgIpc) is 2.81. The quantitative estimate of drug-likeness (QED) is 0.852. The van der Waals surface area contributed by atoms with Crippen LogP contribution in [0.15, 0.2) is 28.0 Å². The zero-order valence-electron chi connectivity index (χ0n) is 10.2. The Hall–Kier alpha value is -1.67. The smallest absolute Gasteiger partial charge is 0.249 e. The summed E-state index contributed by atoms with van der Waals surface area (Å²) in [7, 11) is -3.58. The average molecular weight is 282 g/mol. The minimum atomic E-state index is -3.58. The van der Waals surface area contributed by atoms with Crippen molar-refractivity contribution in [2.75, 3.05) is 13.1 Å². The summed E-state index contributed by atoms with van der Waals surface area (Å²) in [4.78, 5) is 11.5. The molecule has 0 atom stereocenters. The lowest BCUT2D eigenvalue weighted by atomic mass is 10.2. The zero-order valence-corrected chi connectivity index (χ0v) is 11.1. The number of hydrogen-bond donors (Lipinski definition) is 1. The van der Waals surface area contributed by atoms with E-state index in [0.29, 0.717) is 13.1 Å². The zero-order chi connectivity index (χ0) is 13.5. The molecule has 2 aromatic heterocycles. The normalized spacial score (nSPS) is 17.9. The number of H-pyrrole nitrogens is 1. The van der Waals surface area contributed by atoms with Crippen molar-refractivity contribution in [2.45, 2.75) is 24.2 Å². The molecule has 0 unspecified atom stereocenters. The molecular formula is C11H14N4O3S. The van der Waals surface area contributed by atoms with Crippen LogP contribution in [0.5, 0.6) is 0 Å². The Bertz CT molecular complexity index is 756. The maximum Gasteiger partial charge on any atom is 0.347 e. The van der Waals surface area contributed by atoms with E-state index in [1.807, 2.05) is 0 Å². The summed E-state index contributed by atoms with van der Waals surface area (Å²) < 4.78 is 27.8. The molecule has 1 fully saturated rings. The van der Waals surface area contributed by atoms with Crippen molar-refractivity contribution >= 4 is 15.7 Å². The summed E-state index contributed by atoms with van der Waals surface area (Å²) in [5.41, 5.74) is -0.288. The minimum absolute atomic E-state index is 0.0789. The third kappa shape index (κ3) is 1.96. The van der Waals surface area contributed by atoms with E-state index in [-0.39, 0.29) is 10.5 Å². The second-order valence-corrected chi connectivity index (χ2v) is 6.47. The fourth-order valence-corrected chi connectivity index (χ4v) is 4.00. The van der Waals surface area contributed by atoms with Crippen molar-refractivity contribution in [2.24, 2.45) is 0 Å². The predicted molar refractivity (Wildman–Crippen MR) is 68.4 cm³/mol. The fourth-order valence-electron chi connectivity index (χ4n) is 2.35. The molecule has 0 aromatic carbocycles. The lowest BCUT2D eigenvalue weighted by molar-refractivity contribution is 0.347. The minimum Gasteiger partial charge on any atom is -0.249 e. The van der Waals surface area contributed by atoms with Gasteiger partial charge in [0.25, 0.3) is 0 Å². The number of piperidine rings is 1.